The lowest BCUT2D eigenvalue weighted by atomic mass is 9.81. The number of anilines is 1. The van der Waals surface area contributed by atoms with E-state index in [1.807, 2.05) is 43.5 Å². The van der Waals surface area contributed by atoms with Crippen LogP contribution < -0.4 is 22.1 Å². The first-order valence-electron chi connectivity index (χ1n) is 13.9. The Morgan fingerprint density at radius 1 is 1.05 bits per heavy atom. The van der Waals surface area contributed by atoms with Crippen molar-refractivity contribution in [3.05, 3.63) is 88.6 Å². The summed E-state index contributed by atoms with van der Waals surface area (Å²) in [5.74, 6) is -0.219. The van der Waals surface area contributed by atoms with Crippen LogP contribution in [0.25, 0.3) is 22.5 Å². The van der Waals surface area contributed by atoms with Gasteiger partial charge in [-0.2, -0.15) is 5.10 Å². The third-order valence-electron chi connectivity index (χ3n) is 7.90. The second-order valence-corrected chi connectivity index (χ2v) is 10.7. The van der Waals surface area contributed by atoms with Crippen LogP contribution in [-0.2, 0) is 16.0 Å². The van der Waals surface area contributed by atoms with E-state index in [1.165, 1.54) is 4.90 Å². The van der Waals surface area contributed by atoms with Crippen LogP contribution >= 0.6 is 12.4 Å². The quantitative estimate of drug-likeness (QED) is 0.243. The summed E-state index contributed by atoms with van der Waals surface area (Å²) in [5.41, 5.74) is 17.0. The summed E-state index contributed by atoms with van der Waals surface area (Å²) >= 11 is 0. The maximum absolute atomic E-state index is 13.9. The summed E-state index contributed by atoms with van der Waals surface area (Å²) in [6, 6.07) is 15.7. The van der Waals surface area contributed by atoms with Crippen molar-refractivity contribution in [1.82, 2.24) is 20.2 Å². The molecule has 0 radical (unpaired) electrons. The summed E-state index contributed by atoms with van der Waals surface area (Å²) in [4.78, 5) is 47.3. The van der Waals surface area contributed by atoms with Crippen molar-refractivity contribution in [3.8, 4) is 22.5 Å². The van der Waals surface area contributed by atoms with Crippen molar-refractivity contribution in [1.29, 1.82) is 0 Å². The summed E-state index contributed by atoms with van der Waals surface area (Å²) in [5, 5.41) is 6.29. The number of nitrogens with zero attached hydrogens (tertiary/aromatic N) is 3. The fourth-order valence-corrected chi connectivity index (χ4v) is 5.54. The van der Waals surface area contributed by atoms with Gasteiger partial charge in [0.1, 0.15) is 0 Å². The molecule has 1 atom stereocenters. The minimum atomic E-state index is -0.935. The average Bonchev–Trinajstić information content (AvgIpc) is 3.44. The molecule has 10 nitrogen and oxygen atoms in total. The molecule has 0 unspecified atom stereocenters. The highest BCUT2D eigenvalue weighted by atomic mass is 35.5. The highest BCUT2D eigenvalue weighted by Crippen LogP contribution is 2.32. The number of H-pyrrole nitrogens is 2. The fourth-order valence-electron chi connectivity index (χ4n) is 5.54. The second kappa shape index (κ2) is 13.7. The minimum absolute atomic E-state index is 0. The molecule has 1 aliphatic carbocycles. The van der Waals surface area contributed by atoms with Gasteiger partial charge < -0.3 is 11.5 Å². The van der Waals surface area contributed by atoms with Crippen molar-refractivity contribution in [2.75, 3.05) is 11.4 Å². The van der Waals surface area contributed by atoms with Gasteiger partial charge in [0.25, 0.3) is 5.91 Å². The monoisotopic (exact) mass is 589 g/mol. The Hall–Kier alpha value is -4.12. The van der Waals surface area contributed by atoms with Crippen LogP contribution in [0.1, 0.15) is 36.8 Å². The van der Waals surface area contributed by atoms with Crippen molar-refractivity contribution in [2.45, 2.75) is 45.1 Å². The van der Waals surface area contributed by atoms with E-state index >= 15 is 0 Å². The predicted molar refractivity (Wildman–Crippen MR) is 165 cm³/mol. The number of aromatic amines is 2. The number of amides is 2. The maximum atomic E-state index is 13.9. The van der Waals surface area contributed by atoms with Gasteiger partial charge in [0.05, 0.1) is 11.7 Å². The van der Waals surface area contributed by atoms with Crippen LogP contribution in [0.3, 0.4) is 0 Å². The van der Waals surface area contributed by atoms with Crippen LogP contribution in [0.2, 0.25) is 0 Å². The lowest BCUT2D eigenvalue weighted by molar-refractivity contribution is -0.130. The number of carbonyl (C=O) groups is 2. The average molecular weight is 590 g/mol. The van der Waals surface area contributed by atoms with E-state index in [0.717, 1.165) is 35.1 Å². The molecule has 2 aromatic carbocycles. The van der Waals surface area contributed by atoms with Gasteiger partial charge in [0, 0.05) is 23.9 Å². The molecule has 6 N–H and O–H groups in total. The number of pyridine rings is 1. The molecule has 5 rings (SSSR count). The van der Waals surface area contributed by atoms with Crippen LogP contribution in [0.5, 0.6) is 0 Å². The first kappa shape index (κ1) is 30.8. The number of hydrogen-bond acceptors (Lipinski definition) is 7. The van der Waals surface area contributed by atoms with E-state index in [0.29, 0.717) is 42.4 Å². The van der Waals surface area contributed by atoms with E-state index in [4.69, 9.17) is 11.5 Å². The van der Waals surface area contributed by atoms with Crippen LogP contribution in [0.15, 0.2) is 71.8 Å². The van der Waals surface area contributed by atoms with E-state index < -0.39 is 17.6 Å². The van der Waals surface area contributed by atoms with Crippen LogP contribution in [0, 0.1) is 18.8 Å². The topological polar surface area (TPSA) is 164 Å². The molecule has 2 aromatic heterocycles. The molecule has 2 heterocycles. The third kappa shape index (κ3) is 6.84. The Kier molecular flexibility index (Phi) is 10.1. The Morgan fingerprint density at radius 2 is 1.79 bits per heavy atom. The highest BCUT2D eigenvalue weighted by Gasteiger charge is 2.35. The van der Waals surface area contributed by atoms with Crippen LogP contribution in [-0.4, -0.2) is 44.6 Å². The number of aromatic nitrogens is 4. The fraction of sp³-hybridized carbons (Fsp3) is 0.323. The van der Waals surface area contributed by atoms with Crippen molar-refractivity contribution >= 4 is 29.9 Å². The van der Waals surface area contributed by atoms with Gasteiger partial charge in [0.15, 0.2) is 5.82 Å². The number of rotatable bonds is 8. The van der Waals surface area contributed by atoms with E-state index in [-0.39, 0.29) is 30.7 Å². The summed E-state index contributed by atoms with van der Waals surface area (Å²) in [6.45, 7) is 2.60. The largest absolute Gasteiger partial charge is 0.340 e. The Morgan fingerprint density at radius 3 is 2.43 bits per heavy atom. The maximum Gasteiger partial charge on any atom is 0.340 e. The number of hydrogen-bond donors (Lipinski definition) is 4. The van der Waals surface area contributed by atoms with Gasteiger partial charge >= 0.3 is 5.69 Å². The zero-order chi connectivity index (χ0) is 28.9. The predicted octanol–water partition coefficient (Wildman–Crippen LogP) is 3.75. The number of aryl methyl sites for hydroxylation is 1. The molecular weight excluding hydrogens is 554 g/mol. The highest BCUT2D eigenvalue weighted by molar-refractivity contribution is 6.17. The smallest absolute Gasteiger partial charge is 0.330 e. The number of carbonyl (C=O) groups excluding carboxylic acids is 2. The van der Waals surface area contributed by atoms with Gasteiger partial charge in [-0.3, -0.25) is 19.6 Å². The number of benzene rings is 2. The van der Waals surface area contributed by atoms with E-state index in [2.05, 4.69) is 20.2 Å². The number of imide groups is 1. The van der Waals surface area contributed by atoms with Gasteiger partial charge in [-0.25, -0.2) is 14.8 Å². The Balaban J connectivity index is 0.00000405. The summed E-state index contributed by atoms with van der Waals surface area (Å²) in [7, 11) is 0. The first-order valence-corrected chi connectivity index (χ1v) is 13.9. The van der Waals surface area contributed by atoms with E-state index in [1.54, 1.807) is 30.5 Å². The molecule has 4 aromatic rings. The molecule has 0 bridgehead atoms. The normalized spacial score (nSPS) is 17.2. The molecule has 0 aliphatic heterocycles. The van der Waals surface area contributed by atoms with Crippen molar-refractivity contribution in [3.63, 3.8) is 0 Å². The van der Waals surface area contributed by atoms with Crippen molar-refractivity contribution in [2.24, 2.45) is 23.3 Å². The first-order chi connectivity index (χ1) is 19.8. The summed E-state index contributed by atoms with van der Waals surface area (Å²) in [6.07, 6.45) is 6.91. The lowest BCUT2D eigenvalue weighted by Crippen LogP contribution is -2.50. The zero-order valence-corrected chi connectivity index (χ0v) is 24.3. The molecule has 11 heteroatoms. The molecule has 42 heavy (non-hydrogen) atoms. The molecule has 1 saturated carbocycles. The van der Waals surface area contributed by atoms with E-state index in [9.17, 15) is 14.4 Å². The van der Waals surface area contributed by atoms with Crippen LogP contribution in [0.4, 0.5) is 5.69 Å². The number of nitrogens with two attached hydrogens (primary N) is 2. The zero-order valence-electron chi connectivity index (χ0n) is 23.5. The number of nitrogens with one attached hydrogen (secondary N) is 2. The van der Waals surface area contributed by atoms with Gasteiger partial charge in [-0.1, -0.05) is 24.3 Å². The lowest BCUT2D eigenvalue weighted by Gasteiger charge is -2.32. The summed E-state index contributed by atoms with van der Waals surface area (Å²) < 4.78 is 0. The van der Waals surface area contributed by atoms with Crippen molar-refractivity contribution < 1.29 is 9.59 Å². The van der Waals surface area contributed by atoms with Gasteiger partial charge in [-0.05, 0) is 104 Å². The molecule has 0 spiro atoms. The molecule has 220 valence electrons. The molecule has 1 fully saturated rings. The minimum Gasteiger partial charge on any atom is -0.330 e. The third-order valence-corrected chi connectivity index (χ3v) is 7.90. The van der Waals surface area contributed by atoms with Gasteiger partial charge in [-0.15, -0.1) is 12.4 Å². The SMILES string of the molecule is Cc1cnccc1-c1cccc(C[C@H](N)C(=O)N(c2ccc(-c3n[nH]c(=O)[nH]3)cc2)C(=O)[C@H]2CC[C@H](CN)CC2)c1.Cl. The molecule has 1 aliphatic rings. The van der Waals surface area contributed by atoms with Gasteiger partial charge in [0.2, 0.25) is 5.91 Å². The standard InChI is InChI=1S/C31H35N7O3.ClH/c1-19-18-34-14-13-26(19)24-4-2-3-21(15-24)16-27(33)30(40)38(29(39)23-7-5-20(17-32)6-8-23)25-11-9-22(10-12-25)28-35-31(41)37-36-28;/h2-4,9-15,18,20,23,27H,5-8,16-17,32-33H2,1H3,(H2,35,36,37,41);1H/t20-,23-,27-;/m0./s1. The Bertz CT molecular complexity index is 1580. The molecule has 2 amide bonds. The second-order valence-electron chi connectivity index (χ2n) is 10.7. The number of halogens is 1. The molecule has 0 saturated heterocycles. The molecular formula is C31H36ClN7O3. The Labute approximate surface area is 250 Å².